The third-order valence-corrected chi connectivity index (χ3v) is 4.08. The summed E-state index contributed by atoms with van der Waals surface area (Å²) < 4.78 is 7.01. The van der Waals surface area contributed by atoms with Crippen LogP contribution in [0.1, 0.15) is 33.8 Å². The first-order chi connectivity index (χ1) is 12.1. The van der Waals surface area contributed by atoms with E-state index < -0.39 is 5.91 Å². The number of hydrogen-bond acceptors (Lipinski definition) is 5. The lowest BCUT2D eigenvalue weighted by atomic mass is 10.2. The summed E-state index contributed by atoms with van der Waals surface area (Å²) in [5.74, 6) is -0.504. The molecule has 1 aliphatic rings. The molecule has 3 aromatic rings. The molecule has 3 N–H and O–H groups in total. The topological polar surface area (TPSA) is 116 Å². The van der Waals surface area contributed by atoms with Crippen LogP contribution in [0.4, 0.5) is 0 Å². The van der Waals surface area contributed by atoms with E-state index in [2.05, 4.69) is 15.3 Å². The molecule has 126 valence electrons. The number of nitrogens with zero attached hydrogens (tertiary/aromatic N) is 3. The van der Waals surface area contributed by atoms with Gasteiger partial charge in [-0.2, -0.15) is 0 Å². The smallest absolute Gasteiger partial charge is 0.271 e. The van der Waals surface area contributed by atoms with E-state index in [9.17, 15) is 9.59 Å². The summed E-state index contributed by atoms with van der Waals surface area (Å²) in [5.41, 5.74) is 6.32. The number of carbonyl (C=O) groups excluding carboxylic acids is 2. The first-order valence-electron chi connectivity index (χ1n) is 7.81. The molecule has 0 spiro atoms. The Hall–Kier alpha value is -3.42. The maximum atomic E-state index is 12.6. The van der Waals surface area contributed by atoms with E-state index in [1.165, 1.54) is 12.6 Å². The second-order valence-electron chi connectivity index (χ2n) is 5.77. The first-order valence-corrected chi connectivity index (χ1v) is 7.81. The highest BCUT2D eigenvalue weighted by molar-refractivity contribution is 5.99. The van der Waals surface area contributed by atoms with Gasteiger partial charge in [0.2, 0.25) is 0 Å². The highest BCUT2D eigenvalue weighted by Gasteiger charge is 2.21. The summed E-state index contributed by atoms with van der Waals surface area (Å²) in [5, 5.41) is 2.93. The zero-order valence-electron chi connectivity index (χ0n) is 13.2. The van der Waals surface area contributed by atoms with E-state index in [0.717, 1.165) is 12.8 Å². The molecular weight excluding hydrogens is 322 g/mol. The maximum Gasteiger partial charge on any atom is 0.271 e. The fraction of sp³-hybridized carbons (Fsp3) is 0.176. The molecule has 0 unspecified atom stereocenters. The minimum atomic E-state index is -0.710. The molecular formula is C17H15N5O3. The standard InChI is InChI=1S/C17H15N5O3/c18-15(23)14-16-21-11(17(24)20-10-4-1-2-5-10)8-12(22(16)9-19-14)13-6-3-7-25-13/h1-3,6-10H,4-5H2,(H2,18,23)(H,20,24). The van der Waals surface area contributed by atoms with Crippen LogP contribution in [-0.2, 0) is 0 Å². The third-order valence-electron chi connectivity index (χ3n) is 4.08. The van der Waals surface area contributed by atoms with Gasteiger partial charge in [-0.15, -0.1) is 0 Å². The maximum absolute atomic E-state index is 12.6. The Morgan fingerprint density at radius 1 is 1.32 bits per heavy atom. The highest BCUT2D eigenvalue weighted by atomic mass is 16.3. The molecule has 0 atom stereocenters. The van der Waals surface area contributed by atoms with Crippen LogP contribution in [0.2, 0.25) is 0 Å². The molecule has 25 heavy (non-hydrogen) atoms. The molecule has 0 aliphatic heterocycles. The van der Waals surface area contributed by atoms with Crippen molar-refractivity contribution in [2.75, 3.05) is 0 Å². The number of hydrogen-bond donors (Lipinski definition) is 2. The van der Waals surface area contributed by atoms with Gasteiger partial charge in [0.05, 0.1) is 12.0 Å². The zero-order valence-corrected chi connectivity index (χ0v) is 13.2. The highest BCUT2D eigenvalue weighted by Crippen LogP contribution is 2.23. The van der Waals surface area contributed by atoms with Gasteiger partial charge in [-0.05, 0) is 31.0 Å². The van der Waals surface area contributed by atoms with Crippen molar-refractivity contribution in [3.63, 3.8) is 0 Å². The van der Waals surface area contributed by atoms with Crippen molar-refractivity contribution in [3.8, 4) is 11.5 Å². The molecule has 4 rings (SSSR count). The summed E-state index contributed by atoms with van der Waals surface area (Å²) in [6.45, 7) is 0. The molecule has 0 radical (unpaired) electrons. The normalized spacial score (nSPS) is 14.2. The van der Waals surface area contributed by atoms with Crippen LogP contribution in [0, 0.1) is 0 Å². The minimum Gasteiger partial charge on any atom is -0.463 e. The van der Waals surface area contributed by atoms with Crippen LogP contribution in [0.3, 0.4) is 0 Å². The fourth-order valence-corrected chi connectivity index (χ4v) is 2.87. The largest absolute Gasteiger partial charge is 0.463 e. The van der Waals surface area contributed by atoms with Crippen LogP contribution in [-0.4, -0.2) is 32.2 Å². The Morgan fingerprint density at radius 3 is 2.80 bits per heavy atom. The van der Waals surface area contributed by atoms with E-state index in [0.29, 0.717) is 11.5 Å². The summed E-state index contributed by atoms with van der Waals surface area (Å²) in [4.78, 5) is 32.5. The Labute approximate surface area is 142 Å². The summed E-state index contributed by atoms with van der Waals surface area (Å²) in [6.07, 6.45) is 8.59. The Morgan fingerprint density at radius 2 is 2.12 bits per heavy atom. The molecule has 1 aliphatic carbocycles. The van der Waals surface area contributed by atoms with Crippen LogP contribution in [0.5, 0.6) is 0 Å². The number of rotatable bonds is 4. The zero-order chi connectivity index (χ0) is 17.4. The first kappa shape index (κ1) is 15.1. The number of imidazole rings is 1. The van der Waals surface area contributed by atoms with E-state index in [1.54, 1.807) is 22.6 Å². The van der Waals surface area contributed by atoms with Crippen molar-refractivity contribution in [2.24, 2.45) is 5.73 Å². The molecule has 3 heterocycles. The van der Waals surface area contributed by atoms with E-state index in [-0.39, 0.29) is 29.0 Å². The van der Waals surface area contributed by atoms with Gasteiger partial charge in [0.15, 0.2) is 17.1 Å². The number of nitrogens with two attached hydrogens (primary N) is 1. The lowest BCUT2D eigenvalue weighted by Crippen LogP contribution is -2.33. The molecule has 8 heteroatoms. The Kier molecular flexibility index (Phi) is 3.57. The number of aromatic nitrogens is 3. The van der Waals surface area contributed by atoms with Crippen molar-refractivity contribution in [3.05, 3.63) is 54.3 Å². The molecule has 0 bridgehead atoms. The Balaban J connectivity index is 1.82. The van der Waals surface area contributed by atoms with Crippen molar-refractivity contribution < 1.29 is 14.0 Å². The van der Waals surface area contributed by atoms with Crippen LogP contribution in [0.15, 0.2) is 47.4 Å². The summed E-state index contributed by atoms with van der Waals surface area (Å²) in [7, 11) is 0. The molecule has 2 amide bonds. The predicted molar refractivity (Wildman–Crippen MR) is 88.8 cm³/mol. The average Bonchev–Trinajstić information content (AvgIpc) is 3.34. The molecule has 0 saturated carbocycles. The van der Waals surface area contributed by atoms with Crippen LogP contribution in [0.25, 0.3) is 17.1 Å². The SMILES string of the molecule is NC(=O)c1ncn2c(-c3ccco3)cc(C(=O)NC3CC=CC3)nc12. The molecule has 3 aromatic heterocycles. The number of furan rings is 1. The van der Waals surface area contributed by atoms with Crippen LogP contribution >= 0.6 is 0 Å². The van der Waals surface area contributed by atoms with Gasteiger partial charge in [0, 0.05) is 6.04 Å². The number of nitrogens with one attached hydrogen (secondary N) is 1. The third kappa shape index (κ3) is 2.67. The van der Waals surface area contributed by atoms with E-state index >= 15 is 0 Å². The fourth-order valence-electron chi connectivity index (χ4n) is 2.87. The second-order valence-corrected chi connectivity index (χ2v) is 5.77. The van der Waals surface area contributed by atoms with Gasteiger partial charge in [0.25, 0.3) is 11.8 Å². The van der Waals surface area contributed by atoms with Gasteiger partial charge in [-0.1, -0.05) is 12.2 Å². The van der Waals surface area contributed by atoms with Gasteiger partial charge in [0.1, 0.15) is 12.0 Å². The monoisotopic (exact) mass is 337 g/mol. The molecule has 0 saturated heterocycles. The van der Waals surface area contributed by atoms with E-state index in [4.69, 9.17) is 10.2 Å². The van der Waals surface area contributed by atoms with Gasteiger partial charge >= 0.3 is 0 Å². The number of fused-ring (bicyclic) bond motifs is 1. The van der Waals surface area contributed by atoms with Crippen LogP contribution < -0.4 is 11.1 Å². The van der Waals surface area contributed by atoms with Gasteiger partial charge < -0.3 is 15.5 Å². The number of carbonyl (C=O) groups is 2. The predicted octanol–water partition coefficient (Wildman–Crippen LogP) is 1.54. The van der Waals surface area contributed by atoms with Gasteiger partial charge in [-0.25, -0.2) is 9.97 Å². The molecule has 0 aromatic carbocycles. The Bertz CT molecular complexity index is 979. The number of amides is 2. The molecule has 8 nitrogen and oxygen atoms in total. The molecule has 0 fully saturated rings. The summed E-state index contributed by atoms with van der Waals surface area (Å²) >= 11 is 0. The van der Waals surface area contributed by atoms with Crippen molar-refractivity contribution in [2.45, 2.75) is 18.9 Å². The van der Waals surface area contributed by atoms with E-state index in [1.807, 2.05) is 12.2 Å². The van der Waals surface area contributed by atoms with Crippen molar-refractivity contribution in [1.82, 2.24) is 19.7 Å². The summed E-state index contributed by atoms with van der Waals surface area (Å²) in [6, 6.07) is 5.15. The number of primary amides is 1. The lowest BCUT2D eigenvalue weighted by molar-refractivity contribution is 0.0932. The lowest BCUT2D eigenvalue weighted by Gasteiger charge is -2.12. The minimum absolute atomic E-state index is 0.00462. The second kappa shape index (κ2) is 5.90. The van der Waals surface area contributed by atoms with Crippen molar-refractivity contribution >= 4 is 17.5 Å². The van der Waals surface area contributed by atoms with Crippen molar-refractivity contribution in [1.29, 1.82) is 0 Å². The van der Waals surface area contributed by atoms with Gasteiger partial charge in [-0.3, -0.25) is 14.0 Å². The quantitative estimate of drug-likeness (QED) is 0.701. The average molecular weight is 337 g/mol.